The molecule has 0 aliphatic carbocycles. The van der Waals surface area contributed by atoms with Crippen LogP contribution < -0.4 is 9.46 Å². The van der Waals surface area contributed by atoms with Crippen molar-refractivity contribution in [1.29, 1.82) is 10.5 Å². The van der Waals surface area contributed by atoms with E-state index in [9.17, 15) is 13.7 Å². The van der Waals surface area contributed by atoms with Crippen molar-refractivity contribution in [2.75, 3.05) is 20.2 Å². The lowest BCUT2D eigenvalue weighted by atomic mass is 10.1. The Labute approximate surface area is 194 Å². The average molecular weight is 467 g/mol. The number of aromatic nitrogens is 1. The molecule has 10 heteroatoms. The van der Waals surface area contributed by atoms with Crippen molar-refractivity contribution in [2.45, 2.75) is 44.9 Å². The molecule has 1 aromatic carbocycles. The summed E-state index contributed by atoms with van der Waals surface area (Å²) >= 11 is 0. The maximum Gasteiger partial charge on any atom is 0.279 e. The van der Waals surface area contributed by atoms with Gasteiger partial charge in [-0.1, -0.05) is 12.5 Å². The van der Waals surface area contributed by atoms with E-state index in [1.807, 2.05) is 18.2 Å². The molecular formula is C23H26N6O3S. The third kappa shape index (κ3) is 5.15. The molecule has 0 radical (unpaired) electrons. The Bertz CT molecular complexity index is 1220. The Morgan fingerprint density at radius 2 is 2.00 bits per heavy atom. The summed E-state index contributed by atoms with van der Waals surface area (Å²) in [5.41, 5.74) is 4.12. The van der Waals surface area contributed by atoms with Gasteiger partial charge in [0.1, 0.15) is 12.7 Å². The van der Waals surface area contributed by atoms with E-state index in [0.29, 0.717) is 36.4 Å². The third-order valence-electron chi connectivity index (χ3n) is 6.12. The first-order valence-electron chi connectivity index (χ1n) is 10.9. The number of piperidine rings is 1. The van der Waals surface area contributed by atoms with E-state index < -0.39 is 10.2 Å². The van der Waals surface area contributed by atoms with Gasteiger partial charge in [0.05, 0.1) is 35.1 Å². The number of benzene rings is 1. The molecule has 1 saturated heterocycles. The predicted molar refractivity (Wildman–Crippen MR) is 121 cm³/mol. The number of nitrogens with zero attached hydrogens (tertiary/aromatic N) is 5. The lowest BCUT2D eigenvalue weighted by molar-refractivity contribution is 0.167. The molecule has 1 aromatic heterocycles. The number of hydrogen-bond acceptors (Lipinski definition) is 7. The van der Waals surface area contributed by atoms with Crippen LogP contribution in [-0.4, -0.2) is 48.8 Å². The summed E-state index contributed by atoms with van der Waals surface area (Å²) in [7, 11) is -2.14. The second-order valence-electron chi connectivity index (χ2n) is 8.30. The fourth-order valence-corrected chi connectivity index (χ4v) is 5.57. The number of pyridine rings is 1. The Hall–Kier alpha value is -3.02. The van der Waals surface area contributed by atoms with Crippen LogP contribution in [0.15, 0.2) is 30.5 Å². The van der Waals surface area contributed by atoms with Gasteiger partial charge in [0.25, 0.3) is 10.2 Å². The summed E-state index contributed by atoms with van der Waals surface area (Å²) in [6.45, 7) is 2.68. The van der Waals surface area contributed by atoms with E-state index in [-0.39, 0.29) is 12.6 Å². The summed E-state index contributed by atoms with van der Waals surface area (Å²) in [5, 5.41) is 18.7. The summed E-state index contributed by atoms with van der Waals surface area (Å²) in [5.74, 6) is 0.358. The van der Waals surface area contributed by atoms with E-state index in [4.69, 9.17) is 10.00 Å². The third-order valence-corrected chi connectivity index (χ3v) is 7.74. The van der Waals surface area contributed by atoms with Crippen molar-refractivity contribution in [3.63, 3.8) is 0 Å². The van der Waals surface area contributed by atoms with Crippen molar-refractivity contribution < 1.29 is 13.2 Å². The standard InChI is InChI=1S/C23H26N6O3S/c1-26-33(30,31)29-7-3-2-4-22(29)16-32-23-12-27-21(9-19(23)11-25)15-28-13-18-6-5-17(10-24)8-20(18)14-28/h5-6,8-9,12,22,26H,2-4,7,13-16H2,1H3. The molecule has 33 heavy (non-hydrogen) atoms. The molecule has 1 atom stereocenters. The van der Waals surface area contributed by atoms with Gasteiger partial charge in [-0.3, -0.25) is 9.88 Å². The van der Waals surface area contributed by atoms with Crippen LogP contribution in [0.2, 0.25) is 0 Å². The average Bonchev–Trinajstić information content (AvgIpc) is 3.24. The van der Waals surface area contributed by atoms with E-state index in [0.717, 1.165) is 37.2 Å². The molecule has 4 rings (SSSR count). The summed E-state index contributed by atoms with van der Waals surface area (Å²) in [4.78, 5) is 6.69. The van der Waals surface area contributed by atoms with E-state index in [1.54, 1.807) is 12.3 Å². The van der Waals surface area contributed by atoms with Crippen LogP contribution in [0.4, 0.5) is 0 Å². The monoisotopic (exact) mass is 466 g/mol. The van der Waals surface area contributed by atoms with Crippen LogP contribution in [0.5, 0.6) is 5.75 Å². The first-order valence-corrected chi connectivity index (χ1v) is 12.3. The Kier molecular flexibility index (Phi) is 6.91. The smallest absolute Gasteiger partial charge is 0.279 e. The first-order chi connectivity index (χ1) is 15.9. The number of nitrogens with one attached hydrogen (secondary N) is 1. The number of fused-ring (bicyclic) bond motifs is 1. The summed E-state index contributed by atoms with van der Waals surface area (Å²) < 4.78 is 34.3. The van der Waals surface area contributed by atoms with Crippen molar-refractivity contribution >= 4 is 10.2 Å². The van der Waals surface area contributed by atoms with Crippen LogP contribution in [0.1, 0.15) is 47.2 Å². The molecule has 0 bridgehead atoms. The van der Waals surface area contributed by atoms with Crippen LogP contribution in [-0.2, 0) is 29.8 Å². The van der Waals surface area contributed by atoms with Gasteiger partial charge in [0.15, 0.2) is 5.75 Å². The molecule has 2 aliphatic rings. The zero-order valence-corrected chi connectivity index (χ0v) is 19.3. The van der Waals surface area contributed by atoms with E-state index in [1.165, 1.54) is 16.9 Å². The molecule has 3 heterocycles. The van der Waals surface area contributed by atoms with Crippen molar-refractivity contribution in [3.05, 3.63) is 58.4 Å². The molecule has 1 N–H and O–H groups in total. The fraction of sp³-hybridized carbons (Fsp3) is 0.435. The maximum atomic E-state index is 12.3. The molecule has 9 nitrogen and oxygen atoms in total. The highest BCUT2D eigenvalue weighted by Gasteiger charge is 2.32. The minimum absolute atomic E-state index is 0.166. The Morgan fingerprint density at radius 1 is 1.18 bits per heavy atom. The summed E-state index contributed by atoms with van der Waals surface area (Å²) in [6.07, 6.45) is 4.00. The van der Waals surface area contributed by atoms with Crippen molar-refractivity contribution in [3.8, 4) is 17.9 Å². The van der Waals surface area contributed by atoms with E-state index >= 15 is 0 Å². The topological polar surface area (TPSA) is 122 Å². The van der Waals surface area contributed by atoms with Gasteiger partial charge in [0.2, 0.25) is 0 Å². The maximum absolute atomic E-state index is 12.3. The highest BCUT2D eigenvalue weighted by Crippen LogP contribution is 2.27. The number of hydrogen-bond donors (Lipinski definition) is 1. The highest BCUT2D eigenvalue weighted by atomic mass is 32.2. The highest BCUT2D eigenvalue weighted by molar-refractivity contribution is 7.87. The normalized spacial score (nSPS) is 18.9. The lowest BCUT2D eigenvalue weighted by Gasteiger charge is -2.34. The molecule has 2 aliphatic heterocycles. The van der Waals surface area contributed by atoms with Gasteiger partial charge < -0.3 is 4.74 Å². The first kappa shape index (κ1) is 23.1. The number of ether oxygens (including phenoxy) is 1. The molecule has 2 aromatic rings. The molecule has 172 valence electrons. The fourth-order valence-electron chi connectivity index (χ4n) is 4.41. The second-order valence-corrected chi connectivity index (χ2v) is 10.1. The zero-order chi connectivity index (χ0) is 23.4. The summed E-state index contributed by atoms with van der Waals surface area (Å²) in [6, 6.07) is 11.5. The quantitative estimate of drug-likeness (QED) is 0.662. The largest absolute Gasteiger partial charge is 0.489 e. The Balaban J connectivity index is 1.41. The SMILES string of the molecule is CNS(=O)(=O)N1CCCCC1COc1cnc(CN2Cc3ccc(C#N)cc3C2)cc1C#N. The Morgan fingerprint density at radius 3 is 2.76 bits per heavy atom. The zero-order valence-electron chi connectivity index (χ0n) is 18.5. The van der Waals surface area contributed by atoms with Crippen molar-refractivity contribution in [1.82, 2.24) is 18.9 Å². The van der Waals surface area contributed by atoms with Gasteiger partial charge in [-0.15, -0.1) is 0 Å². The van der Waals surface area contributed by atoms with Crippen LogP contribution >= 0.6 is 0 Å². The molecule has 0 saturated carbocycles. The second kappa shape index (κ2) is 9.86. The minimum Gasteiger partial charge on any atom is -0.489 e. The van der Waals surface area contributed by atoms with Gasteiger partial charge >= 0.3 is 0 Å². The molecular weight excluding hydrogens is 440 g/mol. The minimum atomic E-state index is -3.54. The van der Waals surface area contributed by atoms with Gasteiger partial charge in [-0.25, -0.2) is 4.72 Å². The molecule has 1 unspecified atom stereocenters. The predicted octanol–water partition coefficient (Wildman–Crippen LogP) is 2.04. The number of nitriles is 2. The van der Waals surface area contributed by atoms with Gasteiger partial charge in [-0.05, 0) is 42.2 Å². The van der Waals surface area contributed by atoms with E-state index in [2.05, 4.69) is 26.7 Å². The molecule has 0 spiro atoms. The van der Waals surface area contributed by atoms with Gasteiger partial charge in [0, 0.05) is 33.2 Å². The van der Waals surface area contributed by atoms with Gasteiger partial charge in [-0.2, -0.15) is 23.2 Å². The molecule has 1 fully saturated rings. The van der Waals surface area contributed by atoms with Crippen LogP contribution in [0, 0.1) is 22.7 Å². The number of rotatable bonds is 7. The molecule has 0 amide bonds. The van der Waals surface area contributed by atoms with Crippen LogP contribution in [0.3, 0.4) is 0 Å². The lowest BCUT2D eigenvalue weighted by Crippen LogP contribution is -2.50. The van der Waals surface area contributed by atoms with Crippen molar-refractivity contribution in [2.24, 2.45) is 0 Å². The van der Waals surface area contributed by atoms with Crippen LogP contribution in [0.25, 0.3) is 0 Å².